The topological polar surface area (TPSA) is 21.3 Å². The number of hydrogen-bond acceptors (Lipinski definition) is 2. The first-order valence-corrected chi connectivity index (χ1v) is 6.91. The van der Waals surface area contributed by atoms with Gasteiger partial charge in [-0.2, -0.15) is 0 Å². The van der Waals surface area contributed by atoms with Crippen molar-refractivity contribution in [3.63, 3.8) is 0 Å². The second-order valence-corrected chi connectivity index (χ2v) is 6.34. The van der Waals surface area contributed by atoms with Crippen LogP contribution in [0.3, 0.4) is 0 Å². The van der Waals surface area contributed by atoms with Crippen LogP contribution in [0.4, 0.5) is 0 Å². The van der Waals surface area contributed by atoms with E-state index in [1.807, 2.05) is 0 Å². The van der Waals surface area contributed by atoms with Gasteiger partial charge in [0.2, 0.25) is 0 Å². The minimum Gasteiger partial charge on any atom is -0.363 e. The van der Waals surface area contributed by atoms with Crippen molar-refractivity contribution in [3.05, 3.63) is 35.9 Å². The Bertz CT molecular complexity index is 376. The maximum atomic E-state index is 6.43. The fourth-order valence-electron chi connectivity index (χ4n) is 2.89. The highest BCUT2D eigenvalue weighted by atomic mass is 16.5. The molecule has 1 N–H and O–H groups in total. The minimum absolute atomic E-state index is 0.144. The average molecular weight is 247 g/mol. The molecular formula is C16H25NO. The summed E-state index contributed by atoms with van der Waals surface area (Å²) < 4.78 is 6.43. The lowest BCUT2D eigenvalue weighted by atomic mass is 9.86. The number of rotatable bonds is 3. The van der Waals surface area contributed by atoms with Crippen LogP contribution in [-0.4, -0.2) is 18.2 Å². The Balaban J connectivity index is 2.33. The molecule has 1 fully saturated rings. The molecule has 1 heterocycles. The van der Waals surface area contributed by atoms with Gasteiger partial charge in [-0.3, -0.25) is 0 Å². The van der Waals surface area contributed by atoms with Crippen LogP contribution in [0, 0.1) is 0 Å². The van der Waals surface area contributed by atoms with E-state index in [0.717, 1.165) is 6.54 Å². The molecule has 2 atom stereocenters. The molecule has 1 aromatic carbocycles. The molecule has 2 heteroatoms. The van der Waals surface area contributed by atoms with E-state index < -0.39 is 0 Å². The van der Waals surface area contributed by atoms with Crippen molar-refractivity contribution in [1.82, 2.24) is 5.32 Å². The highest BCUT2D eigenvalue weighted by molar-refractivity contribution is 5.25. The zero-order chi connectivity index (χ0) is 13.2. The van der Waals surface area contributed by atoms with Gasteiger partial charge in [0.05, 0.1) is 5.60 Å². The van der Waals surface area contributed by atoms with Crippen LogP contribution in [0.25, 0.3) is 0 Å². The monoisotopic (exact) mass is 247 g/mol. The van der Waals surface area contributed by atoms with Gasteiger partial charge in [-0.25, -0.2) is 0 Å². The molecule has 1 saturated heterocycles. The van der Waals surface area contributed by atoms with E-state index in [9.17, 15) is 0 Å². The van der Waals surface area contributed by atoms with Gasteiger partial charge >= 0.3 is 0 Å². The molecule has 0 saturated carbocycles. The highest BCUT2D eigenvalue weighted by Crippen LogP contribution is 2.36. The molecule has 0 aromatic heterocycles. The van der Waals surface area contributed by atoms with Crippen molar-refractivity contribution in [2.45, 2.75) is 57.8 Å². The van der Waals surface area contributed by atoms with Crippen LogP contribution in [0.15, 0.2) is 30.3 Å². The fraction of sp³-hybridized carbons (Fsp3) is 0.625. The lowest BCUT2D eigenvalue weighted by Gasteiger charge is -2.41. The molecule has 1 aliphatic rings. The molecule has 0 radical (unpaired) electrons. The maximum Gasteiger partial charge on any atom is 0.106 e. The summed E-state index contributed by atoms with van der Waals surface area (Å²) in [5.41, 5.74) is 0.865. The van der Waals surface area contributed by atoms with Crippen molar-refractivity contribution in [1.29, 1.82) is 0 Å². The summed E-state index contributed by atoms with van der Waals surface area (Å²) in [4.78, 5) is 0. The normalized spacial score (nSPS) is 23.9. The Labute approximate surface area is 111 Å². The van der Waals surface area contributed by atoms with Gasteiger partial charge in [0.1, 0.15) is 5.60 Å². The molecule has 0 aliphatic carbocycles. The lowest BCUT2D eigenvalue weighted by molar-refractivity contribution is -0.143. The van der Waals surface area contributed by atoms with Crippen LogP contribution in [0.1, 0.15) is 46.1 Å². The Morgan fingerprint density at radius 3 is 2.28 bits per heavy atom. The summed E-state index contributed by atoms with van der Waals surface area (Å²) in [6, 6.07) is 11.0. The van der Waals surface area contributed by atoms with Gasteiger partial charge in [0, 0.05) is 6.04 Å². The van der Waals surface area contributed by atoms with E-state index in [1.54, 1.807) is 0 Å². The van der Waals surface area contributed by atoms with Crippen LogP contribution >= 0.6 is 0 Å². The average Bonchev–Trinajstić information content (AvgIpc) is 2.82. The van der Waals surface area contributed by atoms with E-state index in [1.165, 1.54) is 18.4 Å². The molecule has 1 aliphatic heterocycles. The van der Waals surface area contributed by atoms with Crippen molar-refractivity contribution >= 4 is 0 Å². The maximum absolute atomic E-state index is 6.43. The molecule has 0 bridgehead atoms. The SMILES string of the molecule is CC(C)(C)O[C@](C)(c1ccccc1)[C@@H]1CCCN1. The highest BCUT2D eigenvalue weighted by Gasteiger charge is 2.41. The zero-order valence-corrected chi connectivity index (χ0v) is 12.0. The van der Waals surface area contributed by atoms with Crippen LogP contribution in [0.5, 0.6) is 0 Å². The summed E-state index contributed by atoms with van der Waals surface area (Å²) in [6.07, 6.45) is 2.42. The molecule has 2 nitrogen and oxygen atoms in total. The number of ether oxygens (including phenoxy) is 1. The summed E-state index contributed by atoms with van der Waals surface area (Å²) in [6.45, 7) is 9.70. The molecule has 0 spiro atoms. The minimum atomic E-state index is -0.254. The Hall–Kier alpha value is -0.860. The quantitative estimate of drug-likeness (QED) is 0.883. The van der Waals surface area contributed by atoms with Gasteiger partial charge in [-0.15, -0.1) is 0 Å². The number of benzene rings is 1. The first kappa shape index (κ1) is 13.6. The van der Waals surface area contributed by atoms with Crippen molar-refractivity contribution < 1.29 is 4.74 Å². The third-order valence-electron chi connectivity index (χ3n) is 3.59. The van der Waals surface area contributed by atoms with Crippen molar-refractivity contribution in [3.8, 4) is 0 Å². The number of hydrogen-bond donors (Lipinski definition) is 1. The van der Waals surface area contributed by atoms with E-state index >= 15 is 0 Å². The first-order valence-electron chi connectivity index (χ1n) is 6.91. The zero-order valence-electron chi connectivity index (χ0n) is 12.0. The third-order valence-corrected chi connectivity index (χ3v) is 3.59. The molecule has 0 unspecified atom stereocenters. The predicted octanol–water partition coefficient (Wildman–Crippen LogP) is 3.47. The first-order chi connectivity index (χ1) is 8.42. The largest absolute Gasteiger partial charge is 0.363 e. The van der Waals surface area contributed by atoms with E-state index in [0.29, 0.717) is 6.04 Å². The molecule has 100 valence electrons. The van der Waals surface area contributed by atoms with Crippen molar-refractivity contribution in [2.24, 2.45) is 0 Å². The van der Waals surface area contributed by atoms with E-state index in [-0.39, 0.29) is 11.2 Å². The molecule has 18 heavy (non-hydrogen) atoms. The Kier molecular flexibility index (Phi) is 3.79. The van der Waals surface area contributed by atoms with Gasteiger partial charge in [-0.05, 0) is 52.6 Å². The smallest absolute Gasteiger partial charge is 0.106 e. The summed E-state index contributed by atoms with van der Waals surface area (Å²) in [5.74, 6) is 0. The lowest BCUT2D eigenvalue weighted by Crippen LogP contribution is -2.48. The third kappa shape index (κ3) is 2.93. The fourth-order valence-corrected chi connectivity index (χ4v) is 2.89. The van der Waals surface area contributed by atoms with Gasteiger partial charge < -0.3 is 10.1 Å². The van der Waals surface area contributed by atoms with Crippen LogP contribution in [-0.2, 0) is 10.3 Å². The summed E-state index contributed by atoms with van der Waals surface area (Å²) >= 11 is 0. The van der Waals surface area contributed by atoms with Gasteiger partial charge in [-0.1, -0.05) is 30.3 Å². The molecular weight excluding hydrogens is 222 g/mol. The van der Waals surface area contributed by atoms with E-state index in [4.69, 9.17) is 4.74 Å². The van der Waals surface area contributed by atoms with Crippen molar-refractivity contribution in [2.75, 3.05) is 6.54 Å². The van der Waals surface area contributed by atoms with E-state index in [2.05, 4.69) is 63.3 Å². The predicted molar refractivity (Wildman–Crippen MR) is 75.7 cm³/mol. The molecule has 0 amide bonds. The Morgan fingerprint density at radius 2 is 1.78 bits per heavy atom. The van der Waals surface area contributed by atoms with Gasteiger partial charge in [0.15, 0.2) is 0 Å². The van der Waals surface area contributed by atoms with Crippen LogP contribution in [0.2, 0.25) is 0 Å². The molecule has 1 aromatic rings. The standard InChI is InChI=1S/C16H25NO/c1-15(2,3)18-16(4,14-11-8-12-17-14)13-9-6-5-7-10-13/h5-7,9-10,14,17H,8,11-12H2,1-4H3/t14-,16+/m0/s1. The summed E-state index contributed by atoms with van der Waals surface area (Å²) in [5, 5.41) is 3.59. The second-order valence-electron chi connectivity index (χ2n) is 6.34. The van der Waals surface area contributed by atoms with Gasteiger partial charge in [0.25, 0.3) is 0 Å². The second kappa shape index (κ2) is 5.02. The summed E-state index contributed by atoms with van der Waals surface area (Å²) in [7, 11) is 0. The molecule has 2 rings (SSSR count). The van der Waals surface area contributed by atoms with Crippen LogP contribution < -0.4 is 5.32 Å². The number of nitrogens with one attached hydrogen (secondary N) is 1. The Morgan fingerprint density at radius 1 is 1.11 bits per heavy atom.